The number of amides is 1. The van der Waals surface area contributed by atoms with Gasteiger partial charge in [-0.3, -0.25) is 4.79 Å². The van der Waals surface area contributed by atoms with Gasteiger partial charge in [0, 0.05) is 57.4 Å². The van der Waals surface area contributed by atoms with Crippen molar-refractivity contribution >= 4 is 54.0 Å². The van der Waals surface area contributed by atoms with Crippen LogP contribution in [0.5, 0.6) is 0 Å². The summed E-state index contributed by atoms with van der Waals surface area (Å²) in [4.78, 5) is 32.6. The molecular weight excluding hydrogens is 851 g/mol. The number of fused-ring (bicyclic) bond motifs is 2. The van der Waals surface area contributed by atoms with Gasteiger partial charge >= 0.3 is 5.97 Å². The highest BCUT2D eigenvalue weighted by atomic mass is 32.2. The van der Waals surface area contributed by atoms with Crippen LogP contribution in [0.4, 0.5) is 0 Å². The number of ether oxygens (including phenoxy) is 2. The van der Waals surface area contributed by atoms with Gasteiger partial charge in [-0.1, -0.05) is 41.5 Å². The summed E-state index contributed by atoms with van der Waals surface area (Å²) in [5.74, 6) is 1.17. The number of benzene rings is 2. The number of hydrogen-bond donors (Lipinski definition) is 2. The van der Waals surface area contributed by atoms with Crippen LogP contribution in [-0.2, 0) is 53.4 Å². The highest BCUT2D eigenvalue weighted by Crippen LogP contribution is 2.33. The topological polar surface area (TPSA) is 224 Å². The van der Waals surface area contributed by atoms with E-state index in [-0.39, 0.29) is 31.7 Å². The lowest BCUT2D eigenvalue weighted by atomic mass is 9.94. The van der Waals surface area contributed by atoms with Crippen molar-refractivity contribution in [1.82, 2.24) is 42.8 Å². The molecule has 1 amide bonds. The summed E-state index contributed by atoms with van der Waals surface area (Å²) in [6.45, 7) is 17.3. The average Bonchev–Trinajstić information content (AvgIpc) is 4.07. The Morgan fingerprint density at radius 1 is 0.683 bits per heavy atom. The zero-order valence-corrected chi connectivity index (χ0v) is 38.2. The number of aromatic carboxylic acids is 1. The van der Waals surface area contributed by atoms with E-state index in [9.17, 15) is 26.4 Å². The first-order valence-electron chi connectivity index (χ1n) is 20.9. The van der Waals surface area contributed by atoms with Crippen LogP contribution in [0.1, 0.15) is 99.6 Å². The average molecular weight is 906 g/mol. The molecule has 2 aromatic carbocycles. The standard InChI is InChI=1S/C22H29N5O4S.C21H26N4O5S/c1-22(2,3)21-25-18-11-17(32(29,30)27-14-16(12-24-27)20(28)23-4)5-6-19(18)26(21)13-15-7-9-31-10-8-15;1-21(2,3)20-23-17-10-16(31(28,29)25-13-15(11-22-25)19(26)27)4-5-18(17)24(20)12-14-6-8-30-9-7-14/h5-6,11-12,14-15H,7-10,13H2,1-4H3,(H,23,28);4-5,10-11,13-14H,6-9,12H2,1-3H3,(H,26,27). The Bertz CT molecular complexity index is 2870. The molecule has 8 rings (SSSR count). The minimum atomic E-state index is -4.03. The van der Waals surface area contributed by atoms with E-state index in [1.807, 2.05) is 6.07 Å². The lowest BCUT2D eigenvalue weighted by molar-refractivity contribution is 0.0610. The van der Waals surface area contributed by atoms with Gasteiger partial charge in [-0.25, -0.2) is 14.8 Å². The molecule has 2 aliphatic rings. The maximum Gasteiger partial charge on any atom is 0.338 e. The predicted molar refractivity (Wildman–Crippen MR) is 234 cm³/mol. The van der Waals surface area contributed by atoms with Gasteiger partial charge in [-0.05, 0) is 73.9 Å². The Hall–Kier alpha value is -5.44. The van der Waals surface area contributed by atoms with Crippen molar-refractivity contribution in [3.05, 3.63) is 84.0 Å². The van der Waals surface area contributed by atoms with Gasteiger partial charge < -0.3 is 29.0 Å². The number of nitrogens with zero attached hydrogens (tertiary/aromatic N) is 8. The van der Waals surface area contributed by atoms with E-state index in [4.69, 9.17) is 24.5 Å². The Balaban J connectivity index is 0.000000189. The van der Waals surface area contributed by atoms with Gasteiger partial charge in [0.2, 0.25) is 0 Å². The summed E-state index contributed by atoms with van der Waals surface area (Å²) < 4.78 is 69.1. The number of aromatic nitrogens is 8. The van der Waals surface area contributed by atoms with Crippen LogP contribution in [-0.4, -0.2) is 105 Å². The van der Waals surface area contributed by atoms with Gasteiger partial charge in [-0.2, -0.15) is 35.2 Å². The van der Waals surface area contributed by atoms with E-state index in [2.05, 4.69) is 66.2 Å². The second kappa shape index (κ2) is 17.6. The lowest BCUT2D eigenvalue weighted by Crippen LogP contribution is -2.25. The molecule has 2 N–H and O–H groups in total. The smallest absolute Gasteiger partial charge is 0.338 e. The molecule has 18 nitrogen and oxygen atoms in total. The molecule has 0 bridgehead atoms. The van der Waals surface area contributed by atoms with Gasteiger partial charge in [-0.15, -0.1) is 0 Å². The van der Waals surface area contributed by atoms with Crippen molar-refractivity contribution in [2.45, 2.75) is 101 Å². The fourth-order valence-electron chi connectivity index (χ4n) is 7.89. The van der Waals surface area contributed by atoms with Crippen LogP contribution in [0.2, 0.25) is 0 Å². The number of carbonyl (C=O) groups excluding carboxylic acids is 1. The molecule has 0 atom stereocenters. The highest BCUT2D eigenvalue weighted by Gasteiger charge is 2.29. The van der Waals surface area contributed by atoms with Crippen molar-refractivity contribution in [3.8, 4) is 0 Å². The maximum atomic E-state index is 13.1. The Labute approximate surface area is 366 Å². The van der Waals surface area contributed by atoms with Gasteiger partial charge in [0.05, 0.1) is 67.8 Å². The molecule has 6 heterocycles. The third kappa shape index (κ3) is 9.58. The van der Waals surface area contributed by atoms with E-state index in [0.717, 1.165) is 104 Å². The molecular formula is C43H55N9O9S2. The molecule has 0 saturated carbocycles. The third-order valence-electron chi connectivity index (χ3n) is 11.3. The van der Waals surface area contributed by atoms with Crippen LogP contribution < -0.4 is 5.32 Å². The molecule has 2 fully saturated rings. The van der Waals surface area contributed by atoms with E-state index in [1.165, 1.54) is 31.6 Å². The second-order valence-electron chi connectivity index (χ2n) is 18.1. The first-order chi connectivity index (χ1) is 29.7. The van der Waals surface area contributed by atoms with Crippen molar-refractivity contribution in [2.75, 3.05) is 33.5 Å². The Morgan fingerprint density at radius 2 is 1.08 bits per heavy atom. The number of carboxylic acids is 1. The number of nitrogens with one attached hydrogen (secondary N) is 1. The van der Waals surface area contributed by atoms with Crippen molar-refractivity contribution in [3.63, 3.8) is 0 Å². The zero-order chi connectivity index (χ0) is 45.5. The van der Waals surface area contributed by atoms with E-state index >= 15 is 0 Å². The molecule has 2 saturated heterocycles. The van der Waals surface area contributed by atoms with Crippen LogP contribution in [0.15, 0.2) is 71.0 Å². The summed E-state index contributed by atoms with van der Waals surface area (Å²) >= 11 is 0. The molecule has 63 heavy (non-hydrogen) atoms. The van der Waals surface area contributed by atoms with Gasteiger partial charge in [0.15, 0.2) is 0 Å². The maximum absolute atomic E-state index is 13.1. The minimum Gasteiger partial charge on any atom is -0.478 e. The van der Waals surface area contributed by atoms with Crippen molar-refractivity contribution in [1.29, 1.82) is 0 Å². The SMILES string of the molecule is CC(C)(C)c1nc2cc(S(=O)(=O)n3cc(C(=O)O)cn3)ccc2n1CC1CCOCC1.CNC(=O)c1cnn(S(=O)(=O)c2ccc3c(c2)nc(C(C)(C)C)n3CC2CCOCC2)c1. The van der Waals surface area contributed by atoms with Gasteiger partial charge in [0.25, 0.3) is 26.0 Å². The molecule has 20 heteroatoms. The van der Waals surface area contributed by atoms with Crippen molar-refractivity contribution < 1.29 is 41.0 Å². The first-order valence-corrected chi connectivity index (χ1v) is 23.8. The zero-order valence-electron chi connectivity index (χ0n) is 36.6. The van der Waals surface area contributed by atoms with Crippen molar-refractivity contribution in [2.24, 2.45) is 11.8 Å². The largest absolute Gasteiger partial charge is 0.478 e. The normalized spacial score (nSPS) is 16.0. The number of hydrogen-bond acceptors (Lipinski definition) is 12. The summed E-state index contributed by atoms with van der Waals surface area (Å²) in [7, 11) is -6.51. The number of carboxylic acid groups (broad SMARTS) is 1. The number of imidazole rings is 2. The highest BCUT2D eigenvalue weighted by molar-refractivity contribution is 7.90. The molecule has 0 spiro atoms. The van der Waals surface area contributed by atoms with E-state index in [0.29, 0.717) is 27.0 Å². The number of rotatable bonds is 10. The van der Waals surface area contributed by atoms with Crippen LogP contribution in [0.3, 0.4) is 0 Å². The summed E-state index contributed by atoms with van der Waals surface area (Å²) in [6.07, 6.45) is 8.43. The fraction of sp³-hybridized carbons (Fsp3) is 0.488. The lowest BCUT2D eigenvalue weighted by Gasteiger charge is -2.26. The predicted octanol–water partition coefficient (Wildman–Crippen LogP) is 5.45. The van der Waals surface area contributed by atoms with E-state index in [1.54, 1.807) is 18.2 Å². The molecule has 0 aliphatic carbocycles. The quantitative estimate of drug-likeness (QED) is 0.175. The number of carbonyl (C=O) groups is 2. The second-order valence-corrected chi connectivity index (χ2v) is 21.7. The Morgan fingerprint density at radius 3 is 1.44 bits per heavy atom. The molecule has 4 aromatic heterocycles. The summed E-state index contributed by atoms with van der Waals surface area (Å²) in [5.41, 5.74) is 2.56. The molecule has 0 unspecified atom stereocenters. The summed E-state index contributed by atoms with van der Waals surface area (Å²) in [5, 5.41) is 19.1. The van der Waals surface area contributed by atoms with Crippen LogP contribution in [0.25, 0.3) is 22.1 Å². The minimum absolute atomic E-state index is 0.0104. The van der Waals surface area contributed by atoms with Gasteiger partial charge in [0.1, 0.15) is 11.6 Å². The third-order valence-corrected chi connectivity index (χ3v) is 14.4. The monoisotopic (exact) mass is 905 g/mol. The molecule has 338 valence electrons. The first kappa shape index (κ1) is 45.6. The molecule has 6 aromatic rings. The Kier molecular flexibility index (Phi) is 12.7. The molecule has 0 radical (unpaired) electrons. The van der Waals surface area contributed by atoms with Crippen LogP contribution in [0, 0.1) is 11.8 Å². The van der Waals surface area contributed by atoms with E-state index < -0.39 is 31.9 Å². The fourth-order valence-corrected chi connectivity index (χ4v) is 10.2. The molecule has 2 aliphatic heterocycles. The summed E-state index contributed by atoms with van der Waals surface area (Å²) in [6, 6.07) is 9.80. The van der Waals surface area contributed by atoms with Crippen LogP contribution >= 0.6 is 0 Å².